The minimum Gasteiger partial charge on any atom is -0.381 e. The highest BCUT2D eigenvalue weighted by molar-refractivity contribution is 5.99. The Morgan fingerprint density at radius 3 is 2.41 bits per heavy atom. The Morgan fingerprint density at radius 1 is 1.24 bits per heavy atom. The number of allylic oxidation sites excluding steroid dienone is 2. The van der Waals surface area contributed by atoms with Crippen molar-refractivity contribution in [3.8, 4) is 17.2 Å². The summed E-state index contributed by atoms with van der Waals surface area (Å²) < 4.78 is 0. The first-order valence-corrected chi connectivity index (χ1v) is 9.60. The Bertz CT molecular complexity index is 832. The lowest BCUT2D eigenvalue weighted by Crippen LogP contribution is -2.02. The van der Waals surface area contributed by atoms with Crippen LogP contribution in [0.1, 0.15) is 33.3 Å². The van der Waals surface area contributed by atoms with Gasteiger partial charge in [0, 0.05) is 23.4 Å². The molecule has 0 aromatic heterocycles. The predicted molar refractivity (Wildman–Crippen MR) is 123 cm³/mol. The Morgan fingerprint density at radius 2 is 1.86 bits per heavy atom. The molecule has 1 unspecified atom stereocenters. The highest BCUT2D eigenvalue weighted by Crippen LogP contribution is 2.29. The van der Waals surface area contributed by atoms with E-state index < -0.39 is 0 Å². The van der Waals surface area contributed by atoms with E-state index in [1.807, 2.05) is 82.3 Å². The first-order valence-electron chi connectivity index (χ1n) is 9.60. The molecule has 0 radical (unpaired) electrons. The highest BCUT2D eigenvalue weighted by Gasteiger charge is 2.08. The molecule has 152 valence electrons. The number of rotatable bonds is 6. The summed E-state index contributed by atoms with van der Waals surface area (Å²) in [6, 6.07) is 17.6. The van der Waals surface area contributed by atoms with Crippen LogP contribution in [0.15, 0.2) is 78.5 Å². The fourth-order valence-electron chi connectivity index (χ4n) is 2.25. The molecule has 0 saturated heterocycles. The van der Waals surface area contributed by atoms with Gasteiger partial charge < -0.3 is 5.32 Å². The van der Waals surface area contributed by atoms with Gasteiger partial charge in [-0.1, -0.05) is 62.4 Å². The van der Waals surface area contributed by atoms with Crippen LogP contribution in [0.3, 0.4) is 0 Å². The Labute approximate surface area is 174 Å². The first-order chi connectivity index (χ1) is 14.1. The monoisotopic (exact) mass is 389 g/mol. The van der Waals surface area contributed by atoms with Crippen molar-refractivity contribution in [3.05, 3.63) is 78.9 Å². The molecular formula is C24H31N5. The average Bonchev–Trinajstić information content (AvgIpc) is 2.78. The van der Waals surface area contributed by atoms with Crippen molar-refractivity contribution in [2.24, 2.45) is 11.0 Å². The smallest absolute Gasteiger partial charge is 0.173 e. The van der Waals surface area contributed by atoms with Crippen LogP contribution in [-0.2, 0) is 0 Å². The fourth-order valence-corrected chi connectivity index (χ4v) is 2.25. The van der Waals surface area contributed by atoms with Gasteiger partial charge in [0.25, 0.3) is 0 Å². The second kappa shape index (κ2) is 15.5. The largest absolute Gasteiger partial charge is 0.381 e. The summed E-state index contributed by atoms with van der Waals surface area (Å²) in [5, 5.41) is 23.0. The molecule has 0 aliphatic rings. The standard InChI is InChI=1S/C19H19N5.C3H6.C2H6/c1-14(13-20)6-5-11-23-18-10-9-16(19(21)24-22)12-17(18)15-7-3-2-4-8-15;1-3-2;1-2/h2-10,12,14,21-23H,11H2,1H3;3H,1H2,2H3;1-2H3/b6-5+,21-19?,24-22?;;. The molecule has 0 saturated carbocycles. The zero-order valence-electron chi connectivity index (χ0n) is 17.7. The summed E-state index contributed by atoms with van der Waals surface area (Å²) in [5.41, 5.74) is 10.5. The van der Waals surface area contributed by atoms with Crippen LogP contribution in [0.5, 0.6) is 0 Å². The molecule has 2 aromatic rings. The number of nitriles is 1. The lowest BCUT2D eigenvalue weighted by molar-refractivity contribution is 0.951. The molecule has 0 aliphatic heterocycles. The number of hydrogen-bond acceptors (Lipinski definition) is 4. The second-order valence-electron chi connectivity index (χ2n) is 5.72. The van der Waals surface area contributed by atoms with Crippen molar-refractivity contribution in [1.29, 1.82) is 16.2 Å². The third kappa shape index (κ3) is 9.30. The van der Waals surface area contributed by atoms with E-state index in [4.69, 9.17) is 16.2 Å². The molecule has 1 atom stereocenters. The quantitative estimate of drug-likeness (QED) is 0.213. The number of hydrogen-bond donors (Lipinski definition) is 3. The summed E-state index contributed by atoms with van der Waals surface area (Å²) in [6.45, 7) is 11.7. The average molecular weight is 390 g/mol. The second-order valence-corrected chi connectivity index (χ2v) is 5.72. The van der Waals surface area contributed by atoms with E-state index in [-0.39, 0.29) is 11.8 Å². The number of nitrogens with one attached hydrogen (secondary N) is 3. The van der Waals surface area contributed by atoms with Gasteiger partial charge in [0.15, 0.2) is 5.84 Å². The van der Waals surface area contributed by atoms with Crippen molar-refractivity contribution in [2.75, 3.05) is 11.9 Å². The van der Waals surface area contributed by atoms with Gasteiger partial charge in [-0.15, -0.1) is 11.7 Å². The van der Waals surface area contributed by atoms with E-state index in [0.717, 1.165) is 16.8 Å². The summed E-state index contributed by atoms with van der Waals surface area (Å²) in [7, 11) is 0. The van der Waals surface area contributed by atoms with E-state index in [1.54, 1.807) is 12.1 Å². The zero-order chi connectivity index (χ0) is 22.1. The molecule has 2 aromatic carbocycles. The number of anilines is 1. The third-order valence-corrected chi connectivity index (χ3v) is 3.53. The molecule has 0 fully saturated rings. The molecule has 29 heavy (non-hydrogen) atoms. The minimum absolute atomic E-state index is 0.0681. The van der Waals surface area contributed by atoms with E-state index in [1.165, 1.54) is 0 Å². The molecular weight excluding hydrogens is 358 g/mol. The zero-order valence-corrected chi connectivity index (χ0v) is 17.7. The summed E-state index contributed by atoms with van der Waals surface area (Å²) in [5.74, 6) is -0.177. The Balaban J connectivity index is 0.00000143. The molecule has 0 bridgehead atoms. The van der Waals surface area contributed by atoms with Gasteiger partial charge in [0.2, 0.25) is 0 Å². The first kappa shape index (κ1) is 25.5. The maximum atomic E-state index is 8.78. The maximum absolute atomic E-state index is 8.78. The number of amidine groups is 1. The SMILES string of the molecule is C=CC.CC.CC(C#N)/C=C/CNc1ccc(C(=N)N=N)cc1-c1ccccc1. The van der Waals surface area contributed by atoms with Crippen LogP contribution in [0.25, 0.3) is 11.1 Å². The van der Waals surface area contributed by atoms with Gasteiger partial charge >= 0.3 is 0 Å². The van der Waals surface area contributed by atoms with E-state index in [9.17, 15) is 0 Å². The van der Waals surface area contributed by atoms with Crippen LogP contribution < -0.4 is 5.32 Å². The summed E-state index contributed by atoms with van der Waals surface area (Å²) in [6.07, 6.45) is 5.54. The van der Waals surface area contributed by atoms with Gasteiger partial charge in [0.05, 0.1) is 12.0 Å². The fraction of sp³-hybridized carbons (Fsp3) is 0.250. The van der Waals surface area contributed by atoms with Crippen molar-refractivity contribution >= 4 is 11.5 Å². The lowest BCUT2D eigenvalue weighted by atomic mass is 10.0. The molecule has 3 N–H and O–H groups in total. The summed E-state index contributed by atoms with van der Waals surface area (Å²) >= 11 is 0. The van der Waals surface area contributed by atoms with E-state index in [0.29, 0.717) is 12.1 Å². The topological polar surface area (TPSA) is 95.9 Å². The minimum atomic E-state index is -0.109. The highest BCUT2D eigenvalue weighted by atomic mass is 15.0. The molecule has 0 spiro atoms. The van der Waals surface area contributed by atoms with Gasteiger partial charge in [0.1, 0.15) is 0 Å². The molecule has 0 aliphatic carbocycles. The van der Waals surface area contributed by atoms with E-state index >= 15 is 0 Å². The van der Waals surface area contributed by atoms with Crippen LogP contribution in [-0.4, -0.2) is 12.4 Å². The van der Waals surface area contributed by atoms with Gasteiger partial charge in [-0.25, -0.2) is 5.53 Å². The molecule has 5 nitrogen and oxygen atoms in total. The van der Waals surface area contributed by atoms with E-state index in [2.05, 4.69) is 23.1 Å². The number of benzene rings is 2. The van der Waals surface area contributed by atoms with Gasteiger partial charge in [-0.3, -0.25) is 5.41 Å². The summed E-state index contributed by atoms with van der Waals surface area (Å²) in [4.78, 5) is 0. The van der Waals surface area contributed by atoms with Crippen LogP contribution >= 0.6 is 0 Å². The van der Waals surface area contributed by atoms with Crippen LogP contribution in [0.2, 0.25) is 0 Å². The van der Waals surface area contributed by atoms with Crippen LogP contribution in [0.4, 0.5) is 5.69 Å². The van der Waals surface area contributed by atoms with Gasteiger partial charge in [-0.05, 0) is 37.6 Å². The molecule has 0 heterocycles. The van der Waals surface area contributed by atoms with Crippen molar-refractivity contribution in [1.82, 2.24) is 0 Å². The van der Waals surface area contributed by atoms with Crippen molar-refractivity contribution in [2.45, 2.75) is 27.7 Å². The van der Waals surface area contributed by atoms with Crippen molar-refractivity contribution in [3.63, 3.8) is 0 Å². The number of nitrogens with zero attached hydrogens (tertiary/aromatic N) is 2. The Kier molecular flexibility index (Phi) is 13.6. The molecule has 0 amide bonds. The molecule has 5 heteroatoms. The predicted octanol–water partition coefficient (Wildman–Crippen LogP) is 7.06. The van der Waals surface area contributed by atoms with Crippen molar-refractivity contribution < 1.29 is 0 Å². The van der Waals surface area contributed by atoms with Gasteiger partial charge in [-0.2, -0.15) is 5.26 Å². The maximum Gasteiger partial charge on any atom is 0.173 e. The normalized spacial score (nSPS) is 10.3. The Hall–Kier alpha value is -3.52. The van der Waals surface area contributed by atoms with Crippen LogP contribution in [0, 0.1) is 28.2 Å². The third-order valence-electron chi connectivity index (χ3n) is 3.53. The molecule has 2 rings (SSSR count). The lowest BCUT2D eigenvalue weighted by Gasteiger charge is -2.13.